The van der Waals surface area contributed by atoms with Gasteiger partial charge in [0.15, 0.2) is 34.8 Å². The number of alkyl halides is 6. The first-order valence-electron chi connectivity index (χ1n) is 17.3. The minimum atomic E-state index is -4.53. The summed E-state index contributed by atoms with van der Waals surface area (Å²) in [6.45, 7) is 3.06. The van der Waals surface area contributed by atoms with Gasteiger partial charge in [-0.1, -0.05) is 0 Å². The number of nitrogens with zero attached hydrogens (tertiary/aromatic N) is 2. The fourth-order valence-electron chi connectivity index (χ4n) is 4.84. The van der Waals surface area contributed by atoms with Gasteiger partial charge in [0.1, 0.15) is 22.5 Å². The molecule has 6 aromatic rings. The fourth-order valence-corrected chi connectivity index (χ4v) is 4.84. The number of aliphatic hydroxyl groups excluding tert-OH is 2. The lowest BCUT2D eigenvalue weighted by atomic mass is 10.1. The van der Waals surface area contributed by atoms with Gasteiger partial charge in [-0.05, 0) is 74.5 Å². The molecule has 0 spiro atoms. The molecule has 2 atom stereocenters. The third kappa shape index (κ3) is 12.2. The number of ether oxygens (including phenoxy) is 2. The molecule has 324 valence electrons. The van der Waals surface area contributed by atoms with Crippen molar-refractivity contribution in [2.24, 2.45) is 5.73 Å². The van der Waals surface area contributed by atoms with E-state index in [1.165, 1.54) is 0 Å². The van der Waals surface area contributed by atoms with Crippen LogP contribution in [0.4, 0.5) is 43.9 Å². The quantitative estimate of drug-likeness (QED) is 0.0883. The SMILES string of the molecule is C[C@@H](N)CO.C[C@H](CO)NC(=O)c1cnc2c(Oc3ccc(C(F)(F)F)cc3)cc(F)c(F)c2c1.O=C(O)c1cnc2c(Oc3ccc(C(F)(F)F)cc3)cc(F)c(F)c2c1. The molecule has 6 rings (SSSR count). The van der Waals surface area contributed by atoms with Gasteiger partial charge in [-0.3, -0.25) is 14.8 Å². The van der Waals surface area contributed by atoms with Crippen LogP contribution in [-0.4, -0.2) is 62.5 Å². The van der Waals surface area contributed by atoms with E-state index in [4.69, 9.17) is 30.5 Å². The maximum Gasteiger partial charge on any atom is 0.416 e. The Hall–Kier alpha value is -6.58. The van der Waals surface area contributed by atoms with E-state index in [1.807, 2.05) is 0 Å². The van der Waals surface area contributed by atoms with Crippen LogP contribution in [0, 0.1) is 23.3 Å². The summed E-state index contributed by atoms with van der Waals surface area (Å²) < 4.78 is 143. The number of aromatic carboxylic acids is 1. The van der Waals surface area contributed by atoms with E-state index in [0.29, 0.717) is 6.07 Å². The first-order chi connectivity index (χ1) is 28.5. The van der Waals surface area contributed by atoms with Crippen molar-refractivity contribution in [1.29, 1.82) is 0 Å². The number of benzene rings is 4. The van der Waals surface area contributed by atoms with E-state index in [-0.39, 0.29) is 69.8 Å². The normalized spacial score (nSPS) is 12.4. The molecule has 4 aromatic carbocycles. The monoisotopic (exact) mass is 870 g/mol. The number of carboxylic acids is 1. The van der Waals surface area contributed by atoms with Gasteiger partial charge < -0.3 is 35.8 Å². The topological polar surface area (TPSA) is 177 Å². The molecular weight excluding hydrogens is 838 g/mol. The number of nitrogens with two attached hydrogens (primary N) is 1. The van der Waals surface area contributed by atoms with Crippen LogP contribution in [0.5, 0.6) is 23.0 Å². The molecule has 2 heterocycles. The number of aromatic nitrogens is 2. The van der Waals surface area contributed by atoms with Crippen LogP contribution in [-0.2, 0) is 12.4 Å². The lowest BCUT2D eigenvalue weighted by molar-refractivity contribution is -0.138. The van der Waals surface area contributed by atoms with Gasteiger partial charge >= 0.3 is 18.3 Å². The van der Waals surface area contributed by atoms with Gasteiger partial charge in [-0.2, -0.15) is 26.3 Å². The number of halogens is 10. The molecule has 61 heavy (non-hydrogen) atoms. The Labute approximate surface area is 338 Å². The standard InChI is InChI=1S/C20H15F5N2O3.C17H8F5NO3.C3H9NO/c1-10(9-28)27-19(29)11-6-14-17(22)15(21)7-16(18(14)26-8-11)30-13-4-2-12(3-5-13)20(23,24)25;18-12-6-13(26-10-3-1-9(2-4-10)17(20,21)22)15-11(14(12)19)5-8(7-23-15)16(24)25;1-3(4)2-5/h2-8,10,28H,9H2,1H3,(H,27,29);1-7H,(H,24,25);3,5H,2,4H2,1H3/t10-;;3-/m1.1/s1. The number of hydrogen-bond donors (Lipinski definition) is 5. The Morgan fingerprint density at radius 3 is 1.39 bits per heavy atom. The summed E-state index contributed by atoms with van der Waals surface area (Å²) in [6, 6.07) is 9.96. The highest BCUT2D eigenvalue weighted by atomic mass is 19.4. The van der Waals surface area contributed by atoms with Crippen molar-refractivity contribution in [3.8, 4) is 23.0 Å². The Morgan fingerprint density at radius 2 is 1.05 bits per heavy atom. The molecule has 21 heteroatoms. The zero-order valence-electron chi connectivity index (χ0n) is 31.4. The van der Waals surface area contributed by atoms with Crippen LogP contribution >= 0.6 is 0 Å². The maximum atomic E-state index is 14.3. The van der Waals surface area contributed by atoms with Gasteiger partial charge in [0.05, 0.1) is 35.5 Å². The van der Waals surface area contributed by atoms with Crippen molar-refractivity contribution in [1.82, 2.24) is 15.3 Å². The molecule has 1 amide bonds. The minimum Gasteiger partial charge on any atom is -0.478 e. The Kier molecular flexibility index (Phi) is 15.2. The second kappa shape index (κ2) is 19.7. The third-order valence-electron chi connectivity index (χ3n) is 7.92. The van der Waals surface area contributed by atoms with Crippen molar-refractivity contribution in [3.05, 3.63) is 131 Å². The summed E-state index contributed by atoms with van der Waals surface area (Å²) in [7, 11) is 0. The Balaban J connectivity index is 0.000000244. The minimum absolute atomic E-state index is 0.0456. The molecule has 0 saturated heterocycles. The fraction of sp³-hybridized carbons (Fsp3) is 0.200. The summed E-state index contributed by atoms with van der Waals surface area (Å²) in [5.41, 5.74) is 2.52. The molecule has 11 nitrogen and oxygen atoms in total. The molecule has 2 aromatic heterocycles. The molecular formula is C40H32F10N4O7. The second-order valence-electron chi connectivity index (χ2n) is 12.9. The average Bonchev–Trinajstić information content (AvgIpc) is 3.21. The smallest absolute Gasteiger partial charge is 0.416 e. The van der Waals surface area contributed by atoms with Crippen LogP contribution < -0.4 is 20.5 Å². The highest BCUT2D eigenvalue weighted by Gasteiger charge is 2.31. The Bertz CT molecular complexity index is 2500. The number of amides is 1. The zero-order valence-corrected chi connectivity index (χ0v) is 31.4. The van der Waals surface area contributed by atoms with E-state index in [0.717, 1.165) is 79.1 Å². The van der Waals surface area contributed by atoms with Gasteiger partial charge in [-0.25, -0.2) is 22.4 Å². The molecule has 0 radical (unpaired) electrons. The predicted octanol–water partition coefficient (Wildman–Crippen LogP) is 8.78. The van der Waals surface area contributed by atoms with Crippen LogP contribution in [0.15, 0.2) is 85.2 Å². The first kappa shape index (κ1) is 47.1. The molecule has 0 unspecified atom stereocenters. The first-order valence-corrected chi connectivity index (χ1v) is 17.3. The average molecular weight is 871 g/mol. The highest BCUT2D eigenvalue weighted by molar-refractivity contribution is 5.98. The molecule has 0 saturated carbocycles. The number of carboxylic acid groups (broad SMARTS) is 1. The number of aliphatic hydroxyl groups is 2. The van der Waals surface area contributed by atoms with E-state index < -0.39 is 70.1 Å². The van der Waals surface area contributed by atoms with E-state index in [9.17, 15) is 53.5 Å². The molecule has 0 bridgehead atoms. The number of carbonyl (C=O) groups is 2. The van der Waals surface area contributed by atoms with Crippen LogP contribution in [0.2, 0.25) is 0 Å². The van der Waals surface area contributed by atoms with E-state index in [2.05, 4.69) is 15.3 Å². The summed E-state index contributed by atoms with van der Waals surface area (Å²) in [6.07, 6.45) is -7.01. The second-order valence-corrected chi connectivity index (χ2v) is 12.9. The number of fused-ring (bicyclic) bond motifs is 2. The zero-order chi connectivity index (χ0) is 45.4. The Morgan fingerprint density at radius 1 is 0.672 bits per heavy atom. The van der Waals surface area contributed by atoms with Crippen molar-refractivity contribution in [2.75, 3.05) is 13.2 Å². The molecule has 0 aliphatic carbocycles. The predicted molar refractivity (Wildman–Crippen MR) is 198 cm³/mol. The number of carbonyl (C=O) groups excluding carboxylic acids is 1. The van der Waals surface area contributed by atoms with Crippen molar-refractivity contribution >= 4 is 33.7 Å². The van der Waals surface area contributed by atoms with Crippen molar-refractivity contribution in [3.63, 3.8) is 0 Å². The van der Waals surface area contributed by atoms with E-state index in [1.54, 1.807) is 13.8 Å². The number of nitrogens with one attached hydrogen (secondary N) is 1. The number of hydrogen-bond acceptors (Lipinski definition) is 9. The number of rotatable bonds is 9. The third-order valence-corrected chi connectivity index (χ3v) is 7.92. The van der Waals surface area contributed by atoms with Gasteiger partial charge in [0.2, 0.25) is 0 Å². The van der Waals surface area contributed by atoms with Crippen LogP contribution in [0.3, 0.4) is 0 Å². The van der Waals surface area contributed by atoms with Gasteiger partial charge in [0, 0.05) is 47.4 Å². The van der Waals surface area contributed by atoms with Crippen molar-refractivity contribution in [2.45, 2.75) is 38.3 Å². The van der Waals surface area contributed by atoms with E-state index >= 15 is 0 Å². The van der Waals surface area contributed by atoms with Crippen LogP contribution in [0.1, 0.15) is 45.7 Å². The van der Waals surface area contributed by atoms with Gasteiger partial charge in [0.25, 0.3) is 5.91 Å². The highest BCUT2D eigenvalue weighted by Crippen LogP contribution is 2.37. The van der Waals surface area contributed by atoms with Crippen molar-refractivity contribution < 1.29 is 78.3 Å². The lowest BCUT2D eigenvalue weighted by Gasteiger charge is -2.13. The van der Waals surface area contributed by atoms with Gasteiger partial charge in [-0.15, -0.1) is 0 Å². The molecule has 0 aliphatic heterocycles. The number of pyridine rings is 2. The summed E-state index contributed by atoms with van der Waals surface area (Å²) in [4.78, 5) is 30.8. The summed E-state index contributed by atoms with van der Waals surface area (Å²) in [5.74, 6) is -7.82. The summed E-state index contributed by atoms with van der Waals surface area (Å²) >= 11 is 0. The maximum absolute atomic E-state index is 14.3. The molecule has 0 aliphatic rings. The summed E-state index contributed by atoms with van der Waals surface area (Å²) in [5, 5.41) is 27.6. The molecule has 6 N–H and O–H groups in total. The largest absolute Gasteiger partial charge is 0.478 e. The van der Waals surface area contributed by atoms with Crippen LogP contribution in [0.25, 0.3) is 21.8 Å². The lowest BCUT2D eigenvalue weighted by Crippen LogP contribution is -2.35. The molecule has 0 fully saturated rings.